The van der Waals surface area contributed by atoms with Gasteiger partial charge in [0.05, 0.1) is 11.3 Å². The van der Waals surface area contributed by atoms with E-state index >= 15 is 0 Å². The molecule has 0 saturated heterocycles. The van der Waals surface area contributed by atoms with Crippen LogP contribution in [-0.2, 0) is 0 Å². The van der Waals surface area contributed by atoms with Crippen LogP contribution in [0.2, 0.25) is 0 Å². The minimum atomic E-state index is -0.500. The summed E-state index contributed by atoms with van der Waals surface area (Å²) in [5.74, 6) is -0.776. The lowest BCUT2D eigenvalue weighted by atomic mass is 9.99. The van der Waals surface area contributed by atoms with Crippen LogP contribution in [0.4, 0.5) is 0 Å². The maximum Gasteiger partial charge on any atom is 0.280 e. The number of hydrogen-bond acceptors (Lipinski definition) is 3. The molecule has 0 saturated carbocycles. The molecule has 24 heavy (non-hydrogen) atoms. The molecule has 4 N–H and O–H groups in total. The zero-order chi connectivity index (χ0) is 17.1. The van der Waals surface area contributed by atoms with Crippen LogP contribution in [0.5, 0.6) is 0 Å². The van der Waals surface area contributed by atoms with Gasteiger partial charge >= 0.3 is 0 Å². The Morgan fingerprint density at radius 3 is 2.62 bits per heavy atom. The fourth-order valence-electron chi connectivity index (χ4n) is 2.43. The lowest BCUT2D eigenvalue weighted by molar-refractivity contribution is 0.100. The zero-order valence-corrected chi connectivity index (χ0v) is 12.6. The van der Waals surface area contributed by atoms with Crippen LogP contribution < -0.4 is 11.5 Å². The molecule has 3 rings (SSSR count). The summed E-state index contributed by atoms with van der Waals surface area (Å²) in [5.41, 5.74) is 13.0. The third-order valence-electron chi connectivity index (χ3n) is 3.53. The van der Waals surface area contributed by atoms with Crippen molar-refractivity contribution in [2.24, 2.45) is 16.5 Å². The normalized spacial score (nSPS) is 10.1. The predicted molar refractivity (Wildman–Crippen MR) is 92.0 cm³/mol. The molecule has 6 nitrogen and oxygen atoms in total. The van der Waals surface area contributed by atoms with E-state index in [1.165, 1.54) is 6.20 Å². The van der Waals surface area contributed by atoms with Gasteiger partial charge in [0.25, 0.3) is 5.91 Å². The number of nitrogens with two attached hydrogens (primary N) is 2. The molecule has 3 aromatic rings. The molecule has 2 aromatic carbocycles. The number of benzene rings is 2. The van der Waals surface area contributed by atoms with Crippen LogP contribution >= 0.6 is 0 Å². The molecular weight excluding hydrogens is 302 g/mol. The van der Waals surface area contributed by atoms with Gasteiger partial charge < -0.3 is 11.5 Å². The molecule has 1 heterocycles. The van der Waals surface area contributed by atoms with Crippen molar-refractivity contribution >= 4 is 22.6 Å². The number of rotatable bonds is 2. The van der Waals surface area contributed by atoms with E-state index in [-0.39, 0.29) is 5.96 Å². The number of nitrogens with zero attached hydrogens (tertiary/aromatic N) is 3. The summed E-state index contributed by atoms with van der Waals surface area (Å²) >= 11 is 0. The molecule has 0 fully saturated rings. The first-order chi connectivity index (χ1) is 11.6. The third kappa shape index (κ3) is 2.91. The van der Waals surface area contributed by atoms with E-state index in [1.54, 1.807) is 24.3 Å². The molecule has 0 atom stereocenters. The van der Waals surface area contributed by atoms with Crippen molar-refractivity contribution in [1.82, 2.24) is 4.98 Å². The zero-order valence-electron chi connectivity index (χ0n) is 12.6. The van der Waals surface area contributed by atoms with Gasteiger partial charge in [-0.15, -0.1) is 0 Å². The fraction of sp³-hybridized carbons (Fsp3) is 0. The van der Waals surface area contributed by atoms with Gasteiger partial charge in [-0.3, -0.25) is 9.78 Å². The standard InChI is InChI=1S/C18H13N5O/c19-9-11-4-7-16(22-10-11)14-3-1-2-12-5-6-13(8-15(12)14)17(24)23-18(20)21/h1-8,10H,(H4,20,21,23,24). The Kier molecular flexibility index (Phi) is 3.91. The van der Waals surface area contributed by atoms with E-state index in [9.17, 15) is 4.79 Å². The second-order valence-electron chi connectivity index (χ2n) is 5.13. The van der Waals surface area contributed by atoms with Crippen molar-refractivity contribution in [3.8, 4) is 17.3 Å². The van der Waals surface area contributed by atoms with E-state index < -0.39 is 5.91 Å². The highest BCUT2D eigenvalue weighted by Crippen LogP contribution is 2.28. The Hall–Kier alpha value is -3.72. The van der Waals surface area contributed by atoms with E-state index in [4.69, 9.17) is 16.7 Å². The van der Waals surface area contributed by atoms with Crippen molar-refractivity contribution in [3.63, 3.8) is 0 Å². The van der Waals surface area contributed by atoms with Gasteiger partial charge in [-0.2, -0.15) is 10.3 Å². The number of guanidine groups is 1. The second kappa shape index (κ2) is 6.18. The molecule has 0 aliphatic heterocycles. The molecule has 0 aliphatic carbocycles. The topological polar surface area (TPSA) is 118 Å². The minimum absolute atomic E-state index is 0.276. The molecule has 116 valence electrons. The number of carbonyl (C=O) groups is 1. The van der Waals surface area contributed by atoms with Crippen LogP contribution in [-0.4, -0.2) is 16.9 Å². The number of aliphatic imine (C=N–C) groups is 1. The Labute approximate surface area is 138 Å². The van der Waals surface area contributed by atoms with Crippen molar-refractivity contribution in [2.45, 2.75) is 0 Å². The highest BCUT2D eigenvalue weighted by molar-refractivity contribution is 6.06. The number of carbonyl (C=O) groups excluding carboxylic acids is 1. The van der Waals surface area contributed by atoms with Crippen molar-refractivity contribution in [2.75, 3.05) is 0 Å². The smallest absolute Gasteiger partial charge is 0.280 e. The van der Waals surface area contributed by atoms with Crippen LogP contribution in [0, 0.1) is 11.3 Å². The van der Waals surface area contributed by atoms with Crippen molar-refractivity contribution in [1.29, 1.82) is 5.26 Å². The van der Waals surface area contributed by atoms with Gasteiger partial charge in [-0.05, 0) is 35.0 Å². The average molecular weight is 315 g/mol. The number of aromatic nitrogens is 1. The number of fused-ring (bicyclic) bond motifs is 1. The summed E-state index contributed by atoms with van der Waals surface area (Å²) in [5, 5.41) is 10.7. The first-order valence-electron chi connectivity index (χ1n) is 7.12. The first-order valence-corrected chi connectivity index (χ1v) is 7.12. The lowest BCUT2D eigenvalue weighted by Crippen LogP contribution is -2.24. The molecule has 0 bridgehead atoms. The molecule has 0 radical (unpaired) electrons. The van der Waals surface area contributed by atoms with Crippen molar-refractivity contribution in [3.05, 3.63) is 65.9 Å². The monoisotopic (exact) mass is 315 g/mol. The number of pyridine rings is 1. The highest BCUT2D eigenvalue weighted by atomic mass is 16.1. The van der Waals surface area contributed by atoms with Crippen LogP contribution in [0.25, 0.3) is 22.0 Å². The highest BCUT2D eigenvalue weighted by Gasteiger charge is 2.10. The van der Waals surface area contributed by atoms with E-state index in [1.807, 2.05) is 30.3 Å². The SMILES string of the molecule is N#Cc1ccc(-c2cccc3ccc(C(=O)N=C(N)N)cc23)nc1. The summed E-state index contributed by atoms with van der Waals surface area (Å²) in [6.45, 7) is 0. The van der Waals surface area contributed by atoms with Crippen LogP contribution in [0.3, 0.4) is 0 Å². The molecular formula is C18H13N5O. The Morgan fingerprint density at radius 2 is 1.96 bits per heavy atom. The maximum atomic E-state index is 12.0. The molecule has 1 aromatic heterocycles. The Morgan fingerprint density at radius 1 is 1.12 bits per heavy atom. The molecule has 0 unspecified atom stereocenters. The predicted octanol–water partition coefficient (Wildman–Crippen LogP) is 2.19. The Balaban J connectivity index is 2.16. The fourth-order valence-corrected chi connectivity index (χ4v) is 2.43. The molecule has 6 heteroatoms. The van der Waals surface area contributed by atoms with Crippen LogP contribution in [0.15, 0.2) is 59.7 Å². The molecule has 0 aliphatic rings. The van der Waals surface area contributed by atoms with Crippen molar-refractivity contribution < 1.29 is 4.79 Å². The van der Waals surface area contributed by atoms with Gasteiger partial charge in [0.1, 0.15) is 6.07 Å². The van der Waals surface area contributed by atoms with E-state index in [0.29, 0.717) is 16.8 Å². The number of amides is 1. The van der Waals surface area contributed by atoms with E-state index in [0.717, 1.165) is 16.3 Å². The van der Waals surface area contributed by atoms with Gasteiger partial charge in [-0.25, -0.2) is 0 Å². The summed E-state index contributed by atoms with van der Waals surface area (Å²) in [7, 11) is 0. The maximum absolute atomic E-state index is 12.0. The number of hydrogen-bond donors (Lipinski definition) is 2. The minimum Gasteiger partial charge on any atom is -0.370 e. The summed E-state index contributed by atoms with van der Waals surface area (Å²) in [6.07, 6.45) is 1.52. The third-order valence-corrected chi connectivity index (χ3v) is 3.53. The quantitative estimate of drug-likeness (QED) is 0.555. The number of nitriles is 1. The summed E-state index contributed by atoms with van der Waals surface area (Å²) in [6, 6.07) is 16.5. The van der Waals surface area contributed by atoms with Crippen LogP contribution in [0.1, 0.15) is 15.9 Å². The van der Waals surface area contributed by atoms with E-state index in [2.05, 4.69) is 9.98 Å². The molecule has 1 amide bonds. The summed E-state index contributed by atoms with van der Waals surface area (Å²) < 4.78 is 0. The van der Waals surface area contributed by atoms with Gasteiger partial charge in [0, 0.05) is 17.3 Å². The Bertz CT molecular complexity index is 996. The van der Waals surface area contributed by atoms with Gasteiger partial charge in [-0.1, -0.05) is 24.3 Å². The first kappa shape index (κ1) is 15.2. The largest absolute Gasteiger partial charge is 0.370 e. The molecule has 0 spiro atoms. The second-order valence-corrected chi connectivity index (χ2v) is 5.13. The lowest BCUT2D eigenvalue weighted by Gasteiger charge is -2.07. The van der Waals surface area contributed by atoms with Gasteiger partial charge in [0.15, 0.2) is 5.96 Å². The average Bonchev–Trinajstić information content (AvgIpc) is 2.60. The van der Waals surface area contributed by atoms with Gasteiger partial charge in [0.2, 0.25) is 0 Å². The summed E-state index contributed by atoms with van der Waals surface area (Å²) in [4.78, 5) is 19.9.